The van der Waals surface area contributed by atoms with Crippen LogP contribution in [0.2, 0.25) is 0 Å². The first-order chi connectivity index (χ1) is 8.91. The molecule has 0 saturated carbocycles. The molecule has 2 aromatic rings. The van der Waals surface area contributed by atoms with E-state index < -0.39 is 5.54 Å². The number of nitrogens with zero attached hydrogens (tertiary/aromatic N) is 2. The van der Waals surface area contributed by atoms with Crippen molar-refractivity contribution in [3.63, 3.8) is 0 Å². The lowest BCUT2D eigenvalue weighted by atomic mass is 10.0. The van der Waals surface area contributed by atoms with Crippen LogP contribution < -0.4 is 22.3 Å². The SMILES string of the molecule is CC(C)(CC(N)=O)Nc1nc(NN)nc2sccc12. The van der Waals surface area contributed by atoms with Crippen LogP contribution >= 0.6 is 11.3 Å². The second kappa shape index (κ2) is 4.98. The van der Waals surface area contributed by atoms with Crippen LogP contribution in [0.15, 0.2) is 11.4 Å². The molecule has 2 aromatic heterocycles. The van der Waals surface area contributed by atoms with Crippen LogP contribution in [0.1, 0.15) is 20.3 Å². The van der Waals surface area contributed by atoms with Gasteiger partial charge in [-0.2, -0.15) is 4.98 Å². The summed E-state index contributed by atoms with van der Waals surface area (Å²) in [6, 6.07) is 1.92. The van der Waals surface area contributed by atoms with E-state index in [0.717, 1.165) is 10.2 Å². The van der Waals surface area contributed by atoms with Crippen molar-refractivity contribution in [1.82, 2.24) is 9.97 Å². The van der Waals surface area contributed by atoms with Gasteiger partial charge in [0.25, 0.3) is 0 Å². The van der Waals surface area contributed by atoms with Gasteiger partial charge in [0.05, 0.1) is 5.39 Å². The highest BCUT2D eigenvalue weighted by Gasteiger charge is 2.22. The van der Waals surface area contributed by atoms with Crippen molar-refractivity contribution in [2.45, 2.75) is 25.8 Å². The van der Waals surface area contributed by atoms with E-state index in [2.05, 4.69) is 20.7 Å². The molecular weight excluding hydrogens is 264 g/mol. The van der Waals surface area contributed by atoms with E-state index in [9.17, 15) is 4.79 Å². The summed E-state index contributed by atoms with van der Waals surface area (Å²) in [6.07, 6.45) is 0.202. The predicted octanol–water partition coefficient (Wildman–Crippen LogP) is 1.04. The zero-order valence-electron chi connectivity index (χ0n) is 10.7. The van der Waals surface area contributed by atoms with Crippen LogP contribution in [0.25, 0.3) is 10.2 Å². The second-order valence-corrected chi connectivity index (χ2v) is 5.73. The number of hydrogen-bond donors (Lipinski definition) is 4. The Hall–Kier alpha value is -1.93. The van der Waals surface area contributed by atoms with Crippen LogP contribution in [0.3, 0.4) is 0 Å². The maximum absolute atomic E-state index is 11.1. The molecule has 0 aliphatic carbocycles. The summed E-state index contributed by atoms with van der Waals surface area (Å²) in [5.41, 5.74) is 7.17. The lowest BCUT2D eigenvalue weighted by Gasteiger charge is -2.25. The van der Waals surface area contributed by atoms with E-state index in [1.807, 2.05) is 25.3 Å². The van der Waals surface area contributed by atoms with Gasteiger partial charge in [0.15, 0.2) is 0 Å². The minimum Gasteiger partial charge on any atom is -0.370 e. The Bertz CT molecular complexity index is 608. The van der Waals surface area contributed by atoms with Crippen LogP contribution in [0.4, 0.5) is 11.8 Å². The second-order valence-electron chi connectivity index (χ2n) is 4.83. The summed E-state index contributed by atoms with van der Waals surface area (Å²) >= 11 is 1.49. The Morgan fingerprint density at radius 3 is 2.84 bits per heavy atom. The fourth-order valence-corrected chi connectivity index (χ4v) is 2.58. The zero-order valence-corrected chi connectivity index (χ0v) is 11.5. The monoisotopic (exact) mass is 280 g/mol. The number of fused-ring (bicyclic) bond motifs is 1. The van der Waals surface area contributed by atoms with Gasteiger partial charge in [0, 0.05) is 12.0 Å². The number of nitrogens with one attached hydrogen (secondary N) is 2. The summed E-state index contributed by atoms with van der Waals surface area (Å²) in [6.45, 7) is 3.77. The maximum atomic E-state index is 11.1. The Morgan fingerprint density at radius 1 is 1.47 bits per heavy atom. The molecule has 0 aliphatic heterocycles. The first-order valence-corrected chi connectivity index (χ1v) is 6.57. The molecule has 0 saturated heterocycles. The van der Waals surface area contributed by atoms with Gasteiger partial charge in [-0.25, -0.2) is 10.8 Å². The van der Waals surface area contributed by atoms with Gasteiger partial charge in [-0.15, -0.1) is 11.3 Å². The van der Waals surface area contributed by atoms with Gasteiger partial charge < -0.3 is 11.1 Å². The van der Waals surface area contributed by atoms with Gasteiger partial charge in [0.1, 0.15) is 10.6 Å². The Labute approximate surface area is 114 Å². The fourth-order valence-electron chi connectivity index (χ4n) is 1.82. The van der Waals surface area contributed by atoms with Crippen molar-refractivity contribution in [3.05, 3.63) is 11.4 Å². The first-order valence-electron chi connectivity index (χ1n) is 5.69. The first kappa shape index (κ1) is 13.5. The number of carbonyl (C=O) groups is 1. The highest BCUT2D eigenvalue weighted by Crippen LogP contribution is 2.28. The van der Waals surface area contributed by atoms with Crippen LogP contribution in [-0.4, -0.2) is 21.4 Å². The fraction of sp³-hybridized carbons (Fsp3) is 0.364. The van der Waals surface area contributed by atoms with Gasteiger partial charge in [-0.3, -0.25) is 10.2 Å². The van der Waals surface area contributed by atoms with E-state index in [0.29, 0.717) is 11.8 Å². The molecule has 0 fully saturated rings. The third kappa shape index (κ3) is 3.09. The molecule has 2 rings (SSSR count). The molecule has 0 spiro atoms. The molecule has 0 atom stereocenters. The molecule has 7 nitrogen and oxygen atoms in total. The molecule has 6 N–H and O–H groups in total. The number of primary amides is 1. The zero-order chi connectivity index (χ0) is 14.0. The van der Waals surface area contributed by atoms with Crippen molar-refractivity contribution in [1.29, 1.82) is 0 Å². The summed E-state index contributed by atoms with van der Waals surface area (Å²) in [4.78, 5) is 20.4. The van der Waals surface area contributed by atoms with Gasteiger partial charge in [-0.05, 0) is 25.3 Å². The molecule has 1 amide bonds. The number of hydrazine groups is 1. The van der Waals surface area contributed by atoms with Crippen LogP contribution in [-0.2, 0) is 4.79 Å². The summed E-state index contributed by atoms with van der Waals surface area (Å²) in [5.74, 6) is 5.94. The van der Waals surface area contributed by atoms with Gasteiger partial charge in [-0.1, -0.05) is 0 Å². The van der Waals surface area contributed by atoms with Crippen molar-refractivity contribution >= 4 is 39.2 Å². The standard InChI is InChI=1S/C11H16N6OS/c1-11(2,5-7(12)18)16-8-6-3-4-19-9(6)15-10(14-8)17-13/h3-4H,5,13H2,1-2H3,(H2,12,18)(H2,14,15,16,17). The lowest BCUT2D eigenvalue weighted by molar-refractivity contribution is -0.118. The molecule has 19 heavy (non-hydrogen) atoms. The summed E-state index contributed by atoms with van der Waals surface area (Å²) in [7, 11) is 0. The minimum atomic E-state index is -0.499. The number of nitrogens with two attached hydrogens (primary N) is 2. The molecule has 0 radical (unpaired) electrons. The Kier molecular flexibility index (Phi) is 3.54. The summed E-state index contributed by atoms with van der Waals surface area (Å²) in [5, 5.41) is 6.03. The predicted molar refractivity (Wildman–Crippen MR) is 76.7 cm³/mol. The van der Waals surface area contributed by atoms with E-state index >= 15 is 0 Å². The topological polar surface area (TPSA) is 119 Å². The van der Waals surface area contributed by atoms with Crippen molar-refractivity contribution in [3.8, 4) is 0 Å². The Morgan fingerprint density at radius 2 is 2.21 bits per heavy atom. The molecule has 8 heteroatoms. The molecular formula is C11H16N6OS. The average molecular weight is 280 g/mol. The lowest BCUT2D eigenvalue weighted by Crippen LogP contribution is -2.36. The number of thiophene rings is 1. The third-order valence-electron chi connectivity index (χ3n) is 2.53. The number of amides is 1. The number of rotatable bonds is 5. The quantitative estimate of drug-likeness (QED) is 0.480. The van der Waals surface area contributed by atoms with E-state index in [4.69, 9.17) is 11.6 Å². The normalized spacial score (nSPS) is 11.5. The number of hydrogen-bond acceptors (Lipinski definition) is 7. The number of carbonyl (C=O) groups excluding carboxylic acids is 1. The Balaban J connectivity index is 2.38. The largest absolute Gasteiger partial charge is 0.370 e. The highest BCUT2D eigenvalue weighted by atomic mass is 32.1. The number of aromatic nitrogens is 2. The van der Waals surface area contributed by atoms with Gasteiger partial charge >= 0.3 is 0 Å². The van der Waals surface area contributed by atoms with E-state index in [1.54, 1.807) is 0 Å². The van der Waals surface area contributed by atoms with Crippen molar-refractivity contribution in [2.24, 2.45) is 11.6 Å². The molecule has 102 valence electrons. The number of anilines is 2. The molecule has 2 heterocycles. The van der Waals surface area contributed by atoms with Crippen LogP contribution in [0.5, 0.6) is 0 Å². The average Bonchev–Trinajstić information content (AvgIpc) is 2.74. The smallest absolute Gasteiger partial charge is 0.240 e. The van der Waals surface area contributed by atoms with E-state index in [-0.39, 0.29) is 12.3 Å². The summed E-state index contributed by atoms with van der Waals surface area (Å²) < 4.78 is 0. The van der Waals surface area contributed by atoms with Crippen molar-refractivity contribution in [2.75, 3.05) is 10.7 Å². The molecule has 0 bridgehead atoms. The maximum Gasteiger partial charge on any atom is 0.240 e. The highest BCUT2D eigenvalue weighted by molar-refractivity contribution is 7.16. The third-order valence-corrected chi connectivity index (χ3v) is 3.33. The molecule has 0 unspecified atom stereocenters. The number of nitrogen functional groups attached to an aromatic ring is 1. The minimum absolute atomic E-state index is 0.202. The molecule has 0 aromatic carbocycles. The molecule has 0 aliphatic rings. The van der Waals surface area contributed by atoms with E-state index in [1.165, 1.54) is 11.3 Å². The van der Waals surface area contributed by atoms with Crippen LogP contribution in [0, 0.1) is 0 Å². The van der Waals surface area contributed by atoms with Crippen molar-refractivity contribution < 1.29 is 4.79 Å². The van der Waals surface area contributed by atoms with Gasteiger partial charge in [0.2, 0.25) is 11.9 Å².